The molecule has 4 unspecified atom stereocenters. The Bertz CT molecular complexity index is 176. The highest BCUT2D eigenvalue weighted by atomic mass is 15.0. The Kier molecular flexibility index (Phi) is 2.64. The van der Waals surface area contributed by atoms with E-state index in [1.54, 1.807) is 0 Å². The first kappa shape index (κ1) is 9.51. The van der Waals surface area contributed by atoms with Crippen LogP contribution in [-0.2, 0) is 0 Å². The van der Waals surface area contributed by atoms with Crippen molar-refractivity contribution in [2.24, 2.45) is 23.7 Å². The van der Waals surface area contributed by atoms with Crippen molar-refractivity contribution in [2.45, 2.75) is 46.1 Å². The predicted molar refractivity (Wildman–Crippen MR) is 56.6 cm³/mol. The molecular weight excluding hydrogens is 158 g/mol. The molecule has 0 radical (unpaired) electrons. The van der Waals surface area contributed by atoms with Gasteiger partial charge in [0.15, 0.2) is 0 Å². The summed E-state index contributed by atoms with van der Waals surface area (Å²) < 4.78 is 0. The fourth-order valence-electron chi connectivity index (χ4n) is 3.27. The topological polar surface area (TPSA) is 12.0 Å². The summed E-state index contributed by atoms with van der Waals surface area (Å²) in [6, 6.07) is 0.873. The first-order valence-electron chi connectivity index (χ1n) is 5.95. The lowest BCUT2D eigenvalue weighted by atomic mass is 9.89. The molecule has 0 aromatic rings. The molecule has 0 saturated heterocycles. The maximum Gasteiger partial charge on any atom is 0.0126 e. The second-order valence-electron chi connectivity index (χ2n) is 5.37. The van der Waals surface area contributed by atoms with Crippen LogP contribution in [0, 0.1) is 23.7 Å². The van der Waals surface area contributed by atoms with Crippen LogP contribution in [0.2, 0.25) is 0 Å². The fourth-order valence-corrected chi connectivity index (χ4v) is 3.27. The van der Waals surface area contributed by atoms with Gasteiger partial charge in [0.1, 0.15) is 0 Å². The van der Waals surface area contributed by atoms with Crippen molar-refractivity contribution in [2.75, 3.05) is 6.54 Å². The first-order valence-corrected chi connectivity index (χ1v) is 5.95. The van der Waals surface area contributed by atoms with E-state index in [-0.39, 0.29) is 0 Å². The Morgan fingerprint density at radius 1 is 1.31 bits per heavy atom. The van der Waals surface area contributed by atoms with Gasteiger partial charge >= 0.3 is 0 Å². The Hall–Kier alpha value is -0.0400. The number of rotatable bonds is 4. The Labute approximate surface area is 82.3 Å². The van der Waals surface area contributed by atoms with Gasteiger partial charge in [0.05, 0.1) is 0 Å². The van der Waals surface area contributed by atoms with E-state index in [9.17, 15) is 0 Å². The SMILES string of the molecule is CCNC1C(CC(C)C)CC2CC21. The lowest BCUT2D eigenvalue weighted by Gasteiger charge is -2.24. The van der Waals surface area contributed by atoms with E-state index in [0.29, 0.717) is 0 Å². The highest BCUT2D eigenvalue weighted by Gasteiger charge is 2.52. The quantitative estimate of drug-likeness (QED) is 0.703. The third-order valence-corrected chi connectivity index (χ3v) is 3.77. The van der Waals surface area contributed by atoms with E-state index in [4.69, 9.17) is 0 Å². The molecule has 76 valence electrons. The molecule has 13 heavy (non-hydrogen) atoms. The third-order valence-electron chi connectivity index (χ3n) is 3.77. The van der Waals surface area contributed by atoms with Crippen molar-refractivity contribution >= 4 is 0 Å². The van der Waals surface area contributed by atoms with Gasteiger partial charge in [0, 0.05) is 6.04 Å². The lowest BCUT2D eigenvalue weighted by Crippen LogP contribution is -2.35. The Morgan fingerprint density at radius 3 is 2.69 bits per heavy atom. The first-order chi connectivity index (χ1) is 6.22. The standard InChI is InChI=1S/C12H23N/c1-4-13-12-10(5-8(2)3)6-9-7-11(9)12/h8-13H,4-7H2,1-3H3. The van der Waals surface area contributed by atoms with E-state index in [1.165, 1.54) is 19.3 Å². The van der Waals surface area contributed by atoms with Crippen molar-refractivity contribution in [1.82, 2.24) is 5.32 Å². The van der Waals surface area contributed by atoms with Crippen molar-refractivity contribution in [3.63, 3.8) is 0 Å². The maximum absolute atomic E-state index is 3.69. The zero-order valence-corrected chi connectivity index (χ0v) is 9.22. The van der Waals surface area contributed by atoms with Crippen LogP contribution < -0.4 is 5.32 Å². The molecule has 0 spiro atoms. The normalized spacial score (nSPS) is 42.5. The van der Waals surface area contributed by atoms with E-state index in [0.717, 1.165) is 36.3 Å². The van der Waals surface area contributed by atoms with Gasteiger partial charge in [-0.1, -0.05) is 20.8 Å². The number of nitrogens with one attached hydrogen (secondary N) is 1. The van der Waals surface area contributed by atoms with Crippen LogP contribution in [0.5, 0.6) is 0 Å². The Balaban J connectivity index is 1.88. The second-order valence-corrected chi connectivity index (χ2v) is 5.37. The van der Waals surface area contributed by atoms with Crippen molar-refractivity contribution in [1.29, 1.82) is 0 Å². The van der Waals surface area contributed by atoms with Gasteiger partial charge in [-0.05, 0) is 49.5 Å². The van der Waals surface area contributed by atoms with E-state index < -0.39 is 0 Å². The molecule has 2 rings (SSSR count). The molecule has 0 aromatic carbocycles. The summed E-state index contributed by atoms with van der Waals surface area (Å²) >= 11 is 0. The van der Waals surface area contributed by atoms with Gasteiger partial charge in [-0.25, -0.2) is 0 Å². The minimum absolute atomic E-state index is 0.873. The third kappa shape index (κ3) is 1.90. The molecule has 1 heteroatoms. The van der Waals surface area contributed by atoms with Gasteiger partial charge in [0.2, 0.25) is 0 Å². The fraction of sp³-hybridized carbons (Fsp3) is 1.00. The van der Waals surface area contributed by atoms with E-state index in [2.05, 4.69) is 26.1 Å². The highest BCUT2D eigenvalue weighted by molar-refractivity contribution is 5.05. The number of hydrogen-bond acceptors (Lipinski definition) is 1. The number of fused-ring (bicyclic) bond motifs is 1. The molecule has 1 nitrogen and oxygen atoms in total. The minimum Gasteiger partial charge on any atom is -0.314 e. The summed E-state index contributed by atoms with van der Waals surface area (Å²) in [4.78, 5) is 0. The molecule has 0 heterocycles. The second kappa shape index (κ2) is 3.61. The van der Waals surface area contributed by atoms with Crippen LogP contribution >= 0.6 is 0 Å². The van der Waals surface area contributed by atoms with Crippen molar-refractivity contribution in [3.05, 3.63) is 0 Å². The molecule has 0 amide bonds. The molecule has 4 atom stereocenters. The molecular formula is C12H23N. The van der Waals surface area contributed by atoms with Gasteiger partial charge in [-0.2, -0.15) is 0 Å². The average Bonchev–Trinajstić information content (AvgIpc) is 2.72. The smallest absolute Gasteiger partial charge is 0.0126 e. The molecule has 2 aliphatic carbocycles. The largest absolute Gasteiger partial charge is 0.314 e. The molecule has 0 aliphatic heterocycles. The van der Waals surface area contributed by atoms with Crippen LogP contribution in [0.15, 0.2) is 0 Å². The summed E-state index contributed by atoms with van der Waals surface area (Å²) in [6.07, 6.45) is 4.47. The Morgan fingerprint density at radius 2 is 2.08 bits per heavy atom. The zero-order valence-electron chi connectivity index (χ0n) is 9.22. The molecule has 2 fully saturated rings. The van der Waals surface area contributed by atoms with Crippen LogP contribution in [0.1, 0.15) is 40.0 Å². The van der Waals surface area contributed by atoms with Gasteiger partial charge < -0.3 is 5.32 Å². The molecule has 1 N–H and O–H groups in total. The molecule has 2 aliphatic rings. The highest BCUT2D eigenvalue weighted by Crippen LogP contribution is 2.55. The lowest BCUT2D eigenvalue weighted by molar-refractivity contribution is 0.308. The summed E-state index contributed by atoms with van der Waals surface area (Å²) in [6.45, 7) is 8.10. The summed E-state index contributed by atoms with van der Waals surface area (Å²) in [7, 11) is 0. The predicted octanol–water partition coefficient (Wildman–Crippen LogP) is 2.67. The molecule has 0 aromatic heterocycles. The summed E-state index contributed by atoms with van der Waals surface area (Å²) in [5, 5.41) is 3.69. The maximum atomic E-state index is 3.69. The summed E-state index contributed by atoms with van der Waals surface area (Å²) in [5.74, 6) is 4.03. The van der Waals surface area contributed by atoms with Crippen LogP contribution in [-0.4, -0.2) is 12.6 Å². The van der Waals surface area contributed by atoms with Gasteiger partial charge in [-0.3, -0.25) is 0 Å². The monoisotopic (exact) mass is 181 g/mol. The van der Waals surface area contributed by atoms with Crippen LogP contribution in [0.25, 0.3) is 0 Å². The van der Waals surface area contributed by atoms with Gasteiger partial charge in [0.25, 0.3) is 0 Å². The zero-order chi connectivity index (χ0) is 9.42. The molecule has 0 bridgehead atoms. The summed E-state index contributed by atoms with van der Waals surface area (Å²) in [5.41, 5.74) is 0. The number of hydrogen-bond donors (Lipinski definition) is 1. The minimum atomic E-state index is 0.873. The molecule has 2 saturated carbocycles. The van der Waals surface area contributed by atoms with Crippen molar-refractivity contribution in [3.8, 4) is 0 Å². The van der Waals surface area contributed by atoms with Crippen molar-refractivity contribution < 1.29 is 0 Å². The van der Waals surface area contributed by atoms with E-state index >= 15 is 0 Å². The van der Waals surface area contributed by atoms with Crippen LogP contribution in [0.3, 0.4) is 0 Å². The van der Waals surface area contributed by atoms with Crippen LogP contribution in [0.4, 0.5) is 0 Å². The van der Waals surface area contributed by atoms with E-state index in [1.807, 2.05) is 0 Å². The average molecular weight is 181 g/mol. The van der Waals surface area contributed by atoms with Gasteiger partial charge in [-0.15, -0.1) is 0 Å².